The van der Waals surface area contributed by atoms with Crippen LogP contribution in [0.2, 0.25) is 0 Å². The van der Waals surface area contributed by atoms with E-state index in [-0.39, 0.29) is 22.9 Å². The van der Waals surface area contributed by atoms with Crippen LogP contribution < -0.4 is 11.5 Å². The van der Waals surface area contributed by atoms with Crippen LogP contribution in [0, 0.1) is 30.9 Å². The minimum atomic E-state index is -1.11. The van der Waals surface area contributed by atoms with E-state index in [2.05, 4.69) is 65.6 Å². The van der Waals surface area contributed by atoms with Crippen molar-refractivity contribution in [3.05, 3.63) is 110 Å². The summed E-state index contributed by atoms with van der Waals surface area (Å²) in [6, 6.07) is 17.6. The lowest BCUT2D eigenvalue weighted by Gasteiger charge is -2.08. The fourth-order valence-corrected chi connectivity index (χ4v) is 8.29. The second kappa shape index (κ2) is 15.5. The first-order valence-corrected chi connectivity index (χ1v) is 19.9. The molecule has 0 spiro atoms. The highest BCUT2D eigenvalue weighted by molar-refractivity contribution is 5.96. The maximum Gasteiger partial charge on any atom is 0.320 e. The summed E-state index contributed by atoms with van der Waals surface area (Å²) in [6.07, 6.45) is 7.68. The van der Waals surface area contributed by atoms with Crippen LogP contribution in [-0.2, 0) is 43.6 Å². The van der Waals surface area contributed by atoms with E-state index < -0.39 is 24.0 Å². The van der Waals surface area contributed by atoms with E-state index >= 15 is 0 Å². The Hall–Kier alpha value is -5.46. The van der Waals surface area contributed by atoms with E-state index in [0.717, 1.165) is 57.7 Å². The minimum absolute atomic E-state index is 0.0769. The van der Waals surface area contributed by atoms with Crippen LogP contribution in [0.1, 0.15) is 101 Å². The molecule has 0 bridgehead atoms. The van der Waals surface area contributed by atoms with Gasteiger partial charge in [0.2, 0.25) is 0 Å². The van der Waals surface area contributed by atoms with Gasteiger partial charge in [0, 0.05) is 78.4 Å². The number of hydrogen-bond donors (Lipinski definition) is 4. The number of nitrogens with zero attached hydrogens (tertiary/aromatic N) is 4. The fourth-order valence-electron chi connectivity index (χ4n) is 8.29. The molecule has 0 saturated heterocycles. The fraction of sp³-hybridized carbons (Fsp3) is 0.422. The van der Waals surface area contributed by atoms with Crippen molar-refractivity contribution < 1.29 is 24.7 Å². The quantitative estimate of drug-likeness (QED) is 0.0799. The summed E-state index contributed by atoms with van der Waals surface area (Å²) < 4.78 is 6.24. The van der Waals surface area contributed by atoms with E-state index in [1.165, 1.54) is 53.4 Å². The number of nitro groups is 1. The van der Waals surface area contributed by atoms with Gasteiger partial charge in [0.05, 0.1) is 15.8 Å². The second-order valence-electron chi connectivity index (χ2n) is 16.5. The zero-order chi connectivity index (χ0) is 41.0. The molecule has 2 atom stereocenters. The van der Waals surface area contributed by atoms with E-state index in [9.17, 15) is 19.7 Å². The molecule has 3 aromatic carbocycles. The van der Waals surface area contributed by atoms with Gasteiger partial charge in [-0.15, -0.1) is 0 Å². The van der Waals surface area contributed by atoms with Gasteiger partial charge in [-0.3, -0.25) is 19.7 Å². The first kappa shape index (κ1) is 39.8. The number of fused-ring (bicyclic) bond motifs is 3. The van der Waals surface area contributed by atoms with Crippen LogP contribution in [0.5, 0.6) is 0 Å². The lowest BCUT2D eigenvalue weighted by atomic mass is 9.98. The number of nitro benzene ring substituents is 1. The Bertz CT molecular complexity index is 2550. The summed E-state index contributed by atoms with van der Waals surface area (Å²) in [5.41, 5.74) is 23.4. The standard InChI is InChI=1S/C16H19N3O4.C16H20N2O2.C13H15N/c1-8-11(7-12(17)16(20)21)14-13(18(8)2)6-5-10(9-3-4-9)15(14)19(22)23;1-9-12(8-14(17)16(19)20)13-7-11(10-3-4-10)5-6-15(13)18(9)2;1-9-7-12-8-11(10-3-4-10)5-6-13(12)14(9)2/h5-6,9,12H,3-4,7,17H2,1-2H3,(H,20,21);5-7,10,14H,3-4,8,17H2,1-2H3,(H,19,20);5-8,10H,3-4H2,1-2H3. The molecule has 6 N–H and O–H groups in total. The third kappa shape index (κ3) is 7.93. The van der Waals surface area contributed by atoms with Crippen molar-refractivity contribution in [2.24, 2.45) is 32.6 Å². The van der Waals surface area contributed by atoms with Crippen molar-refractivity contribution in [1.82, 2.24) is 13.7 Å². The van der Waals surface area contributed by atoms with Gasteiger partial charge >= 0.3 is 11.9 Å². The Morgan fingerprint density at radius 3 is 1.74 bits per heavy atom. The van der Waals surface area contributed by atoms with Crippen LogP contribution >= 0.6 is 0 Å². The van der Waals surface area contributed by atoms with Gasteiger partial charge in [0.15, 0.2) is 0 Å². The van der Waals surface area contributed by atoms with Crippen molar-refractivity contribution in [3.63, 3.8) is 0 Å². The first-order valence-electron chi connectivity index (χ1n) is 19.9. The normalized spacial score (nSPS) is 16.2. The number of carboxylic acids is 2. The zero-order valence-corrected chi connectivity index (χ0v) is 33.7. The smallest absolute Gasteiger partial charge is 0.320 e. The molecule has 57 heavy (non-hydrogen) atoms. The third-order valence-corrected chi connectivity index (χ3v) is 12.5. The van der Waals surface area contributed by atoms with Crippen molar-refractivity contribution in [2.75, 3.05) is 0 Å². The Morgan fingerprint density at radius 2 is 1.19 bits per heavy atom. The van der Waals surface area contributed by atoms with E-state index in [1.54, 1.807) is 0 Å². The summed E-state index contributed by atoms with van der Waals surface area (Å²) in [6.45, 7) is 6.03. The molecule has 12 heteroatoms. The van der Waals surface area contributed by atoms with Crippen LogP contribution in [0.15, 0.2) is 54.6 Å². The summed E-state index contributed by atoms with van der Waals surface area (Å²) >= 11 is 0. The van der Waals surface area contributed by atoms with Crippen LogP contribution in [0.4, 0.5) is 5.69 Å². The number of benzene rings is 3. The molecular weight excluding hydrogens is 721 g/mol. The topological polar surface area (TPSA) is 185 Å². The molecule has 12 nitrogen and oxygen atoms in total. The summed E-state index contributed by atoms with van der Waals surface area (Å²) in [7, 11) is 5.98. The molecule has 9 rings (SSSR count). The van der Waals surface area contributed by atoms with Crippen molar-refractivity contribution >= 4 is 50.3 Å². The molecule has 3 aliphatic rings. The van der Waals surface area contributed by atoms with Crippen LogP contribution in [0.25, 0.3) is 32.7 Å². The molecule has 3 fully saturated rings. The number of aromatic nitrogens is 3. The number of aliphatic carboxylic acids is 2. The Kier molecular flexibility index (Phi) is 10.8. The number of hydrogen-bond acceptors (Lipinski definition) is 6. The molecule has 2 unspecified atom stereocenters. The minimum Gasteiger partial charge on any atom is -0.480 e. The Balaban J connectivity index is 0.000000134. The molecule has 3 saturated carbocycles. The number of carboxylic acid groups (broad SMARTS) is 2. The highest BCUT2D eigenvalue weighted by atomic mass is 16.6. The molecule has 300 valence electrons. The SMILES string of the molecule is Cc1c(CC(N)C(=O)O)c2c([N+](=O)[O-])c(C3CC3)ccc2n1C.Cc1c(CC(N)C(=O)O)c2cc(C3CC3)ccc2n1C.Cc1cc2cc(C3CC3)ccc2n1C. The number of carbonyl (C=O) groups is 2. The lowest BCUT2D eigenvalue weighted by molar-refractivity contribution is -0.383. The largest absolute Gasteiger partial charge is 0.480 e. The monoisotopic (exact) mass is 774 g/mol. The second-order valence-corrected chi connectivity index (χ2v) is 16.5. The van der Waals surface area contributed by atoms with Gasteiger partial charge < -0.3 is 35.4 Å². The predicted octanol–water partition coefficient (Wildman–Crippen LogP) is 7.91. The van der Waals surface area contributed by atoms with Gasteiger partial charge in [-0.05, 0) is 142 Å². The Labute approximate surface area is 332 Å². The molecule has 0 aliphatic heterocycles. The lowest BCUT2D eigenvalue weighted by Crippen LogP contribution is -2.32. The van der Waals surface area contributed by atoms with Crippen LogP contribution in [0.3, 0.4) is 0 Å². The average Bonchev–Trinajstić information content (AvgIpc) is 4.05. The number of aryl methyl sites for hydroxylation is 4. The van der Waals surface area contributed by atoms with E-state index in [4.69, 9.17) is 21.7 Å². The third-order valence-electron chi connectivity index (χ3n) is 12.5. The van der Waals surface area contributed by atoms with E-state index in [0.29, 0.717) is 23.3 Å². The molecule has 0 amide bonds. The predicted molar refractivity (Wildman–Crippen MR) is 224 cm³/mol. The molecule has 6 aromatic rings. The zero-order valence-electron chi connectivity index (χ0n) is 33.7. The van der Waals surface area contributed by atoms with Crippen LogP contribution in [-0.4, -0.2) is 52.9 Å². The van der Waals surface area contributed by atoms with Gasteiger partial charge in [-0.25, -0.2) is 0 Å². The molecule has 3 heterocycles. The maximum atomic E-state index is 11.7. The van der Waals surface area contributed by atoms with Gasteiger partial charge in [0.1, 0.15) is 12.1 Å². The summed E-state index contributed by atoms with van der Waals surface area (Å²) in [5, 5.41) is 32.9. The van der Waals surface area contributed by atoms with Crippen molar-refractivity contribution in [2.45, 2.75) is 102 Å². The molecule has 0 radical (unpaired) electrons. The van der Waals surface area contributed by atoms with Crippen molar-refractivity contribution in [1.29, 1.82) is 0 Å². The summed E-state index contributed by atoms with van der Waals surface area (Å²) in [5.74, 6) is -0.260. The Morgan fingerprint density at radius 1 is 0.702 bits per heavy atom. The van der Waals surface area contributed by atoms with Gasteiger partial charge in [0.25, 0.3) is 5.69 Å². The van der Waals surface area contributed by atoms with Crippen molar-refractivity contribution in [3.8, 4) is 0 Å². The van der Waals surface area contributed by atoms with Gasteiger partial charge in [-0.2, -0.15) is 0 Å². The number of rotatable bonds is 10. The first-order chi connectivity index (χ1) is 27.1. The van der Waals surface area contributed by atoms with Gasteiger partial charge in [-0.1, -0.05) is 12.1 Å². The maximum absolute atomic E-state index is 11.7. The number of nitrogens with two attached hydrogens (primary N) is 2. The molecular formula is C45H54N6O6. The molecule has 3 aliphatic carbocycles. The highest BCUT2D eigenvalue weighted by Gasteiger charge is 2.35. The summed E-state index contributed by atoms with van der Waals surface area (Å²) in [4.78, 5) is 33.5. The molecule has 3 aromatic heterocycles. The average molecular weight is 775 g/mol. The van der Waals surface area contributed by atoms with E-state index in [1.807, 2.05) is 44.6 Å². The highest BCUT2D eigenvalue weighted by Crippen LogP contribution is 2.48.